The van der Waals surface area contributed by atoms with E-state index in [1.807, 2.05) is 35.0 Å². The molecule has 104 valence electrons. The van der Waals surface area contributed by atoms with Gasteiger partial charge in [-0.3, -0.25) is 4.79 Å². The molecule has 1 fully saturated rings. The second-order valence-corrected chi connectivity index (χ2v) is 6.24. The van der Waals surface area contributed by atoms with Gasteiger partial charge in [-0.25, -0.2) is 9.67 Å². The van der Waals surface area contributed by atoms with Gasteiger partial charge in [0, 0.05) is 5.92 Å². The number of thioether (sulfide) groups is 1. The minimum absolute atomic E-state index is 0.325. The molecule has 0 aliphatic heterocycles. The summed E-state index contributed by atoms with van der Waals surface area (Å²) < 4.78 is 1.88. The zero-order valence-corrected chi connectivity index (χ0v) is 12.0. The molecule has 6 heteroatoms. The minimum atomic E-state index is -0.348. The summed E-state index contributed by atoms with van der Waals surface area (Å²) in [5, 5.41) is 4.81. The number of hydrogen-bond acceptors (Lipinski definition) is 4. The minimum Gasteiger partial charge on any atom is -0.369 e. The van der Waals surface area contributed by atoms with Crippen molar-refractivity contribution in [2.45, 2.75) is 36.1 Å². The SMILES string of the molecule is C[C@@H](Sc1nc(C2CC2)n(-c2ccccc2)n1)C(N)=O. The second-order valence-electron chi connectivity index (χ2n) is 4.94. The molecule has 1 aromatic heterocycles. The molecule has 0 unspecified atom stereocenters. The van der Waals surface area contributed by atoms with Crippen molar-refractivity contribution < 1.29 is 4.79 Å². The molecule has 20 heavy (non-hydrogen) atoms. The molecule has 0 spiro atoms. The van der Waals surface area contributed by atoms with Gasteiger partial charge >= 0.3 is 0 Å². The average molecular weight is 288 g/mol. The maximum atomic E-state index is 11.2. The first-order chi connectivity index (χ1) is 9.65. The molecule has 2 aromatic rings. The molecule has 1 heterocycles. The lowest BCUT2D eigenvalue weighted by molar-refractivity contribution is -0.117. The summed E-state index contributed by atoms with van der Waals surface area (Å²) in [6.07, 6.45) is 2.31. The van der Waals surface area contributed by atoms with Crippen LogP contribution in [0.15, 0.2) is 35.5 Å². The standard InChI is InChI=1S/C14H16N4OS/c1-9(12(15)19)20-14-16-13(10-7-8-10)18(17-14)11-5-3-2-4-6-11/h2-6,9-10H,7-8H2,1H3,(H2,15,19)/t9-/m1/s1. The first kappa shape index (κ1) is 13.2. The van der Waals surface area contributed by atoms with Crippen LogP contribution in [0.1, 0.15) is 31.5 Å². The van der Waals surface area contributed by atoms with Gasteiger partial charge in [-0.1, -0.05) is 30.0 Å². The highest BCUT2D eigenvalue weighted by molar-refractivity contribution is 8.00. The number of rotatable bonds is 5. The Morgan fingerprint density at radius 1 is 1.40 bits per heavy atom. The number of carbonyl (C=O) groups excluding carboxylic acids is 1. The number of benzene rings is 1. The molecule has 1 aliphatic rings. The van der Waals surface area contributed by atoms with Gasteiger partial charge in [-0.05, 0) is 31.9 Å². The summed E-state index contributed by atoms with van der Waals surface area (Å²) in [5.41, 5.74) is 6.29. The van der Waals surface area contributed by atoms with Crippen molar-refractivity contribution in [3.63, 3.8) is 0 Å². The van der Waals surface area contributed by atoms with Gasteiger partial charge in [0.15, 0.2) is 0 Å². The molecular formula is C14H16N4OS. The topological polar surface area (TPSA) is 73.8 Å². The lowest BCUT2D eigenvalue weighted by atomic mass is 10.3. The monoisotopic (exact) mass is 288 g/mol. The van der Waals surface area contributed by atoms with Gasteiger partial charge in [0.05, 0.1) is 10.9 Å². The molecule has 1 saturated carbocycles. The normalized spacial score (nSPS) is 16.1. The van der Waals surface area contributed by atoms with Gasteiger partial charge in [-0.15, -0.1) is 5.10 Å². The smallest absolute Gasteiger partial charge is 0.230 e. The third-order valence-corrected chi connectivity index (χ3v) is 4.21. The Hall–Kier alpha value is -1.82. The van der Waals surface area contributed by atoms with E-state index in [-0.39, 0.29) is 11.2 Å². The number of carbonyl (C=O) groups is 1. The Morgan fingerprint density at radius 3 is 2.70 bits per heavy atom. The van der Waals surface area contributed by atoms with Crippen LogP contribution < -0.4 is 5.73 Å². The average Bonchev–Trinajstić information content (AvgIpc) is 3.21. The first-order valence-electron chi connectivity index (χ1n) is 6.63. The van der Waals surface area contributed by atoms with Crippen LogP contribution in [0.4, 0.5) is 0 Å². The Kier molecular flexibility index (Phi) is 3.48. The fourth-order valence-corrected chi connectivity index (χ4v) is 2.64. The van der Waals surface area contributed by atoms with Crippen LogP contribution >= 0.6 is 11.8 Å². The van der Waals surface area contributed by atoms with E-state index in [2.05, 4.69) is 10.1 Å². The number of para-hydroxylation sites is 1. The Bertz CT molecular complexity index is 621. The van der Waals surface area contributed by atoms with E-state index in [0.29, 0.717) is 11.1 Å². The van der Waals surface area contributed by atoms with Crippen molar-refractivity contribution in [3.05, 3.63) is 36.2 Å². The molecule has 0 radical (unpaired) electrons. The quantitative estimate of drug-likeness (QED) is 0.855. The first-order valence-corrected chi connectivity index (χ1v) is 7.51. The van der Waals surface area contributed by atoms with Crippen LogP contribution in [-0.2, 0) is 4.79 Å². The van der Waals surface area contributed by atoms with E-state index >= 15 is 0 Å². The van der Waals surface area contributed by atoms with E-state index < -0.39 is 0 Å². The highest BCUT2D eigenvalue weighted by atomic mass is 32.2. The lowest BCUT2D eigenvalue weighted by Crippen LogP contribution is -2.22. The number of nitrogens with two attached hydrogens (primary N) is 1. The van der Waals surface area contributed by atoms with Crippen LogP contribution in [0.3, 0.4) is 0 Å². The second kappa shape index (κ2) is 5.28. The van der Waals surface area contributed by atoms with Crippen molar-refractivity contribution in [2.24, 2.45) is 5.73 Å². The fourth-order valence-electron chi connectivity index (χ4n) is 1.94. The Morgan fingerprint density at radius 2 is 2.10 bits per heavy atom. The summed E-state index contributed by atoms with van der Waals surface area (Å²) in [6, 6.07) is 9.94. The van der Waals surface area contributed by atoms with E-state index in [0.717, 1.165) is 24.4 Å². The number of aromatic nitrogens is 3. The van der Waals surface area contributed by atoms with Crippen LogP contribution in [0.25, 0.3) is 5.69 Å². The van der Waals surface area contributed by atoms with Crippen molar-refractivity contribution in [2.75, 3.05) is 0 Å². The third-order valence-electron chi connectivity index (χ3n) is 3.24. The zero-order chi connectivity index (χ0) is 14.1. The summed E-state index contributed by atoms with van der Waals surface area (Å²) in [6.45, 7) is 1.77. The summed E-state index contributed by atoms with van der Waals surface area (Å²) in [5.74, 6) is 1.12. The molecular weight excluding hydrogens is 272 g/mol. The van der Waals surface area contributed by atoms with Crippen molar-refractivity contribution in [1.82, 2.24) is 14.8 Å². The lowest BCUT2D eigenvalue weighted by Gasteiger charge is -2.03. The Labute approximate surface area is 121 Å². The molecule has 3 rings (SSSR count). The van der Waals surface area contributed by atoms with Gasteiger partial charge in [0.25, 0.3) is 0 Å². The largest absolute Gasteiger partial charge is 0.369 e. The molecule has 1 amide bonds. The van der Waals surface area contributed by atoms with E-state index in [9.17, 15) is 4.79 Å². The number of amides is 1. The van der Waals surface area contributed by atoms with Crippen molar-refractivity contribution >= 4 is 17.7 Å². The maximum Gasteiger partial charge on any atom is 0.230 e. The summed E-state index contributed by atoms with van der Waals surface area (Å²) >= 11 is 1.31. The van der Waals surface area contributed by atoms with Crippen LogP contribution in [0, 0.1) is 0 Å². The van der Waals surface area contributed by atoms with Crippen molar-refractivity contribution in [3.8, 4) is 5.69 Å². The van der Waals surface area contributed by atoms with E-state index in [1.54, 1.807) is 6.92 Å². The van der Waals surface area contributed by atoms with Gasteiger partial charge in [0.2, 0.25) is 11.1 Å². The predicted octanol–water partition coefficient (Wildman–Crippen LogP) is 2.11. The predicted molar refractivity (Wildman–Crippen MR) is 77.8 cm³/mol. The Balaban J connectivity index is 1.93. The van der Waals surface area contributed by atoms with Gasteiger partial charge in [0.1, 0.15) is 5.82 Å². The summed E-state index contributed by atoms with van der Waals surface area (Å²) in [7, 11) is 0. The molecule has 0 saturated heterocycles. The van der Waals surface area contributed by atoms with Crippen molar-refractivity contribution in [1.29, 1.82) is 0 Å². The molecule has 0 bridgehead atoms. The molecule has 1 atom stereocenters. The third kappa shape index (κ3) is 2.70. The van der Waals surface area contributed by atoms with Gasteiger partial charge < -0.3 is 5.73 Å². The molecule has 5 nitrogen and oxygen atoms in total. The van der Waals surface area contributed by atoms with Crippen LogP contribution in [-0.4, -0.2) is 25.9 Å². The highest BCUT2D eigenvalue weighted by Crippen LogP contribution is 2.40. The number of nitrogens with zero attached hydrogens (tertiary/aromatic N) is 3. The summed E-state index contributed by atoms with van der Waals surface area (Å²) in [4.78, 5) is 15.7. The van der Waals surface area contributed by atoms with Crippen LogP contribution in [0.2, 0.25) is 0 Å². The number of primary amides is 1. The molecule has 2 N–H and O–H groups in total. The van der Waals surface area contributed by atoms with E-state index in [1.165, 1.54) is 11.8 Å². The van der Waals surface area contributed by atoms with E-state index in [4.69, 9.17) is 5.73 Å². The maximum absolute atomic E-state index is 11.2. The zero-order valence-electron chi connectivity index (χ0n) is 11.2. The van der Waals surface area contributed by atoms with Gasteiger partial charge in [-0.2, -0.15) is 0 Å². The number of hydrogen-bond donors (Lipinski definition) is 1. The fraction of sp³-hybridized carbons (Fsp3) is 0.357. The molecule has 1 aliphatic carbocycles. The molecule has 1 aromatic carbocycles. The van der Waals surface area contributed by atoms with Crippen LogP contribution in [0.5, 0.6) is 0 Å². The highest BCUT2D eigenvalue weighted by Gasteiger charge is 2.30.